The van der Waals surface area contributed by atoms with Gasteiger partial charge >= 0.3 is 6.09 Å². The Bertz CT molecular complexity index is 1150. The molecule has 0 bridgehead atoms. The molecule has 1 N–H and O–H groups in total. The standard InChI is InChI=1S/C24H28FN5O7/c1-15(31)29-12-17(32)11-21(29)23(33)28-7-5-27(6-8-28)20-3-2-16(10-19(20)25)30-13-18(37-24(30)34)14-35-22-4-9-36-26-22/h2-4,9-10,17-18,21,32H,5-8,11-14H2,1H3/t17-,18-,21+/m1/s1. The van der Waals surface area contributed by atoms with Crippen molar-refractivity contribution >= 4 is 29.3 Å². The number of aliphatic hydroxyl groups excluding tert-OH is 1. The molecule has 5 rings (SSSR count). The molecule has 13 heteroatoms. The first-order chi connectivity index (χ1) is 17.8. The molecule has 0 unspecified atom stereocenters. The van der Waals surface area contributed by atoms with Crippen LogP contribution in [0.2, 0.25) is 0 Å². The Kier molecular flexibility index (Phi) is 6.87. The van der Waals surface area contributed by atoms with E-state index in [9.17, 15) is 19.5 Å². The molecule has 3 aliphatic rings. The van der Waals surface area contributed by atoms with Crippen LogP contribution in [0.5, 0.6) is 5.88 Å². The van der Waals surface area contributed by atoms with Gasteiger partial charge in [-0.3, -0.25) is 14.5 Å². The second kappa shape index (κ2) is 10.2. The third-order valence-corrected chi connectivity index (χ3v) is 6.85. The number of hydrogen-bond acceptors (Lipinski definition) is 9. The molecule has 3 amide bonds. The van der Waals surface area contributed by atoms with Gasteiger partial charge in [0, 0.05) is 52.1 Å². The largest absolute Gasteiger partial charge is 0.471 e. The molecular formula is C24H28FN5O7. The number of ether oxygens (including phenoxy) is 2. The van der Waals surface area contributed by atoms with Crippen molar-refractivity contribution in [2.45, 2.75) is 31.6 Å². The number of β-amino-alcohol motifs (C(OH)–C–C–N with tert-alkyl or cyclic N) is 1. The maximum atomic E-state index is 15.1. The highest BCUT2D eigenvalue weighted by atomic mass is 19.1. The predicted molar refractivity (Wildman–Crippen MR) is 127 cm³/mol. The second-order valence-corrected chi connectivity index (χ2v) is 9.29. The summed E-state index contributed by atoms with van der Waals surface area (Å²) in [5.41, 5.74) is 0.740. The van der Waals surface area contributed by atoms with Crippen LogP contribution in [0.3, 0.4) is 0 Å². The van der Waals surface area contributed by atoms with Crippen LogP contribution in [-0.4, -0.2) is 102 Å². The van der Waals surface area contributed by atoms with Gasteiger partial charge in [0.25, 0.3) is 5.88 Å². The summed E-state index contributed by atoms with van der Waals surface area (Å²) in [7, 11) is 0. The van der Waals surface area contributed by atoms with Gasteiger partial charge in [-0.25, -0.2) is 9.18 Å². The molecule has 198 valence electrons. The first kappa shape index (κ1) is 24.8. The van der Waals surface area contributed by atoms with Crippen LogP contribution in [-0.2, 0) is 14.3 Å². The van der Waals surface area contributed by atoms with Crippen molar-refractivity contribution in [3.8, 4) is 5.88 Å². The Balaban J connectivity index is 1.17. The monoisotopic (exact) mass is 517 g/mol. The highest BCUT2D eigenvalue weighted by Gasteiger charge is 2.40. The van der Waals surface area contributed by atoms with Crippen LogP contribution < -0.4 is 14.5 Å². The number of benzene rings is 1. The fourth-order valence-corrected chi connectivity index (χ4v) is 4.97. The molecule has 0 aliphatic carbocycles. The number of carbonyl (C=O) groups is 3. The minimum Gasteiger partial charge on any atom is -0.471 e. The third kappa shape index (κ3) is 5.17. The molecule has 2 aromatic rings. The van der Waals surface area contributed by atoms with E-state index in [1.54, 1.807) is 17.0 Å². The van der Waals surface area contributed by atoms with Crippen LogP contribution in [0.15, 0.2) is 35.1 Å². The maximum Gasteiger partial charge on any atom is 0.414 e. The molecule has 3 saturated heterocycles. The summed E-state index contributed by atoms with van der Waals surface area (Å²) >= 11 is 0. The highest BCUT2D eigenvalue weighted by Crippen LogP contribution is 2.29. The molecule has 37 heavy (non-hydrogen) atoms. The van der Waals surface area contributed by atoms with E-state index < -0.39 is 30.2 Å². The predicted octanol–water partition coefficient (Wildman–Crippen LogP) is 0.848. The number of amides is 3. The number of anilines is 2. The number of piperazine rings is 1. The molecule has 1 aromatic heterocycles. The van der Waals surface area contributed by atoms with Gasteiger partial charge in [-0.1, -0.05) is 0 Å². The lowest BCUT2D eigenvalue weighted by molar-refractivity contribution is -0.143. The van der Waals surface area contributed by atoms with Gasteiger partial charge in [0.1, 0.15) is 24.7 Å². The van der Waals surface area contributed by atoms with E-state index in [-0.39, 0.29) is 43.8 Å². The zero-order valence-corrected chi connectivity index (χ0v) is 20.3. The number of aromatic nitrogens is 1. The minimum atomic E-state index is -0.712. The summed E-state index contributed by atoms with van der Waals surface area (Å²) in [6, 6.07) is 5.43. The average Bonchev–Trinajstić information content (AvgIpc) is 3.62. The minimum absolute atomic E-state index is 0.0856. The SMILES string of the molecule is CC(=O)N1C[C@H](O)C[C@H]1C(=O)N1CCN(c2ccc(N3C[C@H](COc4ccon4)OC3=O)cc2F)CC1. The van der Waals surface area contributed by atoms with E-state index in [2.05, 4.69) is 5.16 Å². The van der Waals surface area contributed by atoms with Crippen LogP contribution in [0.1, 0.15) is 13.3 Å². The second-order valence-electron chi connectivity index (χ2n) is 9.29. The lowest BCUT2D eigenvalue weighted by atomic mass is 10.1. The summed E-state index contributed by atoms with van der Waals surface area (Å²) < 4.78 is 30.5. The molecule has 12 nitrogen and oxygen atoms in total. The van der Waals surface area contributed by atoms with Gasteiger partial charge in [0.05, 0.1) is 24.0 Å². The van der Waals surface area contributed by atoms with Crippen molar-refractivity contribution in [2.75, 3.05) is 55.7 Å². The van der Waals surface area contributed by atoms with Gasteiger partial charge in [-0.05, 0) is 23.4 Å². The summed E-state index contributed by atoms with van der Waals surface area (Å²) in [4.78, 5) is 43.4. The normalized spacial score (nSPS) is 24.0. The van der Waals surface area contributed by atoms with Crippen LogP contribution in [0, 0.1) is 5.82 Å². The molecule has 1 aromatic carbocycles. The number of aliphatic hydroxyl groups is 1. The lowest BCUT2D eigenvalue weighted by Crippen LogP contribution is -2.54. The summed E-state index contributed by atoms with van der Waals surface area (Å²) in [6.45, 7) is 3.37. The fraction of sp³-hybridized carbons (Fsp3) is 0.500. The third-order valence-electron chi connectivity index (χ3n) is 6.85. The van der Waals surface area contributed by atoms with Crippen molar-refractivity contribution in [1.82, 2.24) is 15.0 Å². The van der Waals surface area contributed by atoms with Crippen LogP contribution in [0.4, 0.5) is 20.6 Å². The average molecular weight is 518 g/mol. The molecule has 0 saturated carbocycles. The van der Waals surface area contributed by atoms with Crippen molar-refractivity contribution in [3.05, 3.63) is 36.3 Å². The molecular weight excluding hydrogens is 489 g/mol. The van der Waals surface area contributed by atoms with E-state index >= 15 is 4.39 Å². The van der Waals surface area contributed by atoms with Gasteiger partial charge in [-0.2, -0.15) is 0 Å². The maximum absolute atomic E-state index is 15.1. The number of cyclic esters (lactones) is 1. The Morgan fingerprint density at radius 3 is 2.65 bits per heavy atom. The lowest BCUT2D eigenvalue weighted by Gasteiger charge is -2.38. The number of hydrogen-bond donors (Lipinski definition) is 1. The zero-order valence-electron chi connectivity index (χ0n) is 20.3. The van der Waals surface area contributed by atoms with Crippen molar-refractivity contribution in [3.63, 3.8) is 0 Å². The van der Waals surface area contributed by atoms with Crippen LogP contribution >= 0.6 is 0 Å². The quantitative estimate of drug-likeness (QED) is 0.593. The van der Waals surface area contributed by atoms with Gasteiger partial charge in [0.2, 0.25) is 11.8 Å². The van der Waals surface area contributed by atoms with E-state index in [1.165, 1.54) is 35.1 Å². The smallest absolute Gasteiger partial charge is 0.414 e. The zero-order chi connectivity index (χ0) is 26.1. The number of halogens is 1. The molecule has 0 spiro atoms. The fourth-order valence-electron chi connectivity index (χ4n) is 4.97. The molecule has 0 radical (unpaired) electrons. The van der Waals surface area contributed by atoms with E-state index in [0.717, 1.165) is 0 Å². The van der Waals surface area contributed by atoms with Crippen molar-refractivity contribution < 1.29 is 37.9 Å². The van der Waals surface area contributed by atoms with Gasteiger partial charge in [-0.15, -0.1) is 0 Å². The molecule has 3 fully saturated rings. The number of nitrogens with zero attached hydrogens (tertiary/aromatic N) is 5. The molecule has 3 aliphatic heterocycles. The van der Waals surface area contributed by atoms with E-state index in [1.807, 2.05) is 4.90 Å². The topological polar surface area (TPSA) is 129 Å². The summed E-state index contributed by atoms with van der Waals surface area (Å²) in [6.07, 6.45) is -0.258. The van der Waals surface area contributed by atoms with Gasteiger partial charge < -0.3 is 33.8 Å². The number of carbonyl (C=O) groups excluding carboxylic acids is 3. The van der Waals surface area contributed by atoms with Crippen LogP contribution in [0.25, 0.3) is 0 Å². The molecule has 3 atom stereocenters. The van der Waals surface area contributed by atoms with E-state index in [4.69, 9.17) is 14.0 Å². The van der Waals surface area contributed by atoms with Gasteiger partial charge in [0.15, 0.2) is 6.10 Å². The number of likely N-dealkylation sites (tertiary alicyclic amines) is 1. The Morgan fingerprint density at radius 2 is 1.97 bits per heavy atom. The first-order valence-corrected chi connectivity index (χ1v) is 12.1. The van der Waals surface area contributed by atoms with Crippen molar-refractivity contribution in [1.29, 1.82) is 0 Å². The molecule has 4 heterocycles. The Labute approximate surface area is 212 Å². The number of rotatable bonds is 6. The van der Waals surface area contributed by atoms with E-state index in [0.29, 0.717) is 37.6 Å². The first-order valence-electron chi connectivity index (χ1n) is 12.1. The Morgan fingerprint density at radius 1 is 1.19 bits per heavy atom. The summed E-state index contributed by atoms with van der Waals surface area (Å²) in [5.74, 6) is -0.652. The Hall–Kier alpha value is -3.87. The highest BCUT2D eigenvalue weighted by molar-refractivity contribution is 5.90. The van der Waals surface area contributed by atoms with Crippen molar-refractivity contribution in [2.24, 2.45) is 0 Å². The summed E-state index contributed by atoms with van der Waals surface area (Å²) in [5, 5.41) is 13.6.